The highest BCUT2D eigenvalue weighted by atomic mass is 32.1. The highest BCUT2D eigenvalue weighted by Crippen LogP contribution is 2.23. The van der Waals surface area contributed by atoms with Crippen molar-refractivity contribution in [3.63, 3.8) is 0 Å². The number of ether oxygens (including phenoxy) is 1. The minimum atomic E-state index is -0.789. The fourth-order valence-corrected chi connectivity index (χ4v) is 3.18. The highest BCUT2D eigenvalue weighted by Gasteiger charge is 2.21. The van der Waals surface area contributed by atoms with Gasteiger partial charge in [-0.1, -0.05) is 12.1 Å². The maximum Gasteiger partial charge on any atom is 0.307 e. The molecule has 0 bridgehead atoms. The van der Waals surface area contributed by atoms with Gasteiger partial charge >= 0.3 is 5.97 Å². The average molecular weight is 305 g/mol. The zero-order valence-corrected chi connectivity index (χ0v) is 13.2. The number of aromatic nitrogens is 1. The third-order valence-electron chi connectivity index (χ3n) is 3.46. The van der Waals surface area contributed by atoms with Crippen molar-refractivity contribution in [1.29, 1.82) is 0 Å². The van der Waals surface area contributed by atoms with E-state index in [4.69, 9.17) is 4.74 Å². The first-order valence-electron chi connectivity index (χ1n) is 6.78. The lowest BCUT2D eigenvalue weighted by atomic mass is 9.96. The molecule has 1 heterocycles. The molecule has 0 radical (unpaired) electrons. The predicted molar refractivity (Wildman–Crippen MR) is 83.1 cm³/mol. The van der Waals surface area contributed by atoms with Crippen molar-refractivity contribution in [2.75, 3.05) is 7.11 Å². The molecule has 0 spiro atoms. The van der Waals surface area contributed by atoms with Gasteiger partial charge in [-0.2, -0.15) is 0 Å². The SMILES string of the molecule is COc1cccc(CC(Cc2nc(C)c(C)s2)C(=O)O)c1. The molecule has 1 unspecified atom stereocenters. The summed E-state index contributed by atoms with van der Waals surface area (Å²) in [5, 5.41) is 10.3. The van der Waals surface area contributed by atoms with Gasteiger partial charge in [-0.3, -0.25) is 4.79 Å². The molecule has 1 aromatic carbocycles. The van der Waals surface area contributed by atoms with Crippen molar-refractivity contribution >= 4 is 17.3 Å². The van der Waals surface area contributed by atoms with E-state index in [0.717, 1.165) is 26.9 Å². The molecule has 0 aliphatic carbocycles. The number of carboxylic acid groups (broad SMARTS) is 1. The normalized spacial score (nSPS) is 12.1. The Morgan fingerprint density at radius 3 is 2.71 bits per heavy atom. The molecule has 0 aliphatic heterocycles. The first-order chi connectivity index (χ1) is 9.99. The molecule has 0 aliphatic rings. The second kappa shape index (κ2) is 6.72. The fraction of sp³-hybridized carbons (Fsp3) is 0.375. The Labute approximate surface area is 128 Å². The van der Waals surface area contributed by atoms with Gasteiger partial charge < -0.3 is 9.84 Å². The van der Waals surface area contributed by atoms with E-state index in [2.05, 4.69) is 4.98 Å². The summed E-state index contributed by atoms with van der Waals surface area (Å²) in [6.45, 7) is 3.96. The van der Waals surface area contributed by atoms with Gasteiger partial charge in [0.05, 0.1) is 23.7 Å². The molecular formula is C16H19NO3S. The van der Waals surface area contributed by atoms with E-state index in [1.165, 1.54) is 0 Å². The van der Waals surface area contributed by atoms with E-state index >= 15 is 0 Å². The highest BCUT2D eigenvalue weighted by molar-refractivity contribution is 7.11. The summed E-state index contributed by atoms with van der Waals surface area (Å²) >= 11 is 1.58. The number of hydrogen-bond acceptors (Lipinski definition) is 4. The lowest BCUT2D eigenvalue weighted by molar-refractivity contribution is -0.141. The van der Waals surface area contributed by atoms with Gasteiger partial charge in [0.2, 0.25) is 0 Å². The van der Waals surface area contributed by atoms with Crippen molar-refractivity contribution in [3.05, 3.63) is 45.4 Å². The van der Waals surface area contributed by atoms with Crippen molar-refractivity contribution in [1.82, 2.24) is 4.98 Å². The maximum atomic E-state index is 11.5. The molecule has 0 amide bonds. The van der Waals surface area contributed by atoms with Gasteiger partial charge in [0.15, 0.2) is 0 Å². The summed E-state index contributed by atoms with van der Waals surface area (Å²) in [4.78, 5) is 17.1. The van der Waals surface area contributed by atoms with Crippen LogP contribution in [0.15, 0.2) is 24.3 Å². The maximum absolute atomic E-state index is 11.5. The number of methoxy groups -OCH3 is 1. The monoisotopic (exact) mass is 305 g/mol. The Hall–Kier alpha value is -1.88. The molecule has 21 heavy (non-hydrogen) atoms. The number of thiazole rings is 1. The van der Waals surface area contributed by atoms with Crippen LogP contribution < -0.4 is 4.74 Å². The third-order valence-corrected chi connectivity index (χ3v) is 4.55. The van der Waals surface area contributed by atoms with Crippen LogP contribution in [0.1, 0.15) is 21.1 Å². The molecule has 4 nitrogen and oxygen atoms in total. The standard InChI is InChI=1S/C16H19NO3S/c1-10-11(2)21-15(17-10)9-13(16(18)19)7-12-5-4-6-14(8-12)20-3/h4-6,8,13H,7,9H2,1-3H3,(H,18,19). The van der Waals surface area contributed by atoms with Gasteiger partial charge in [0.25, 0.3) is 0 Å². The van der Waals surface area contributed by atoms with E-state index < -0.39 is 11.9 Å². The molecule has 0 fully saturated rings. The van der Waals surface area contributed by atoms with Crippen molar-refractivity contribution < 1.29 is 14.6 Å². The lowest BCUT2D eigenvalue weighted by Crippen LogP contribution is -2.19. The Morgan fingerprint density at radius 2 is 2.14 bits per heavy atom. The van der Waals surface area contributed by atoms with Crippen LogP contribution >= 0.6 is 11.3 Å². The van der Waals surface area contributed by atoms with Crippen LogP contribution in [0, 0.1) is 19.8 Å². The number of aryl methyl sites for hydroxylation is 2. The minimum absolute atomic E-state index is 0.464. The molecule has 1 N–H and O–H groups in total. The lowest BCUT2D eigenvalue weighted by Gasteiger charge is -2.11. The van der Waals surface area contributed by atoms with Gasteiger partial charge in [0, 0.05) is 11.3 Å². The van der Waals surface area contributed by atoms with E-state index in [0.29, 0.717) is 12.8 Å². The van der Waals surface area contributed by atoms with Crippen LogP contribution in [-0.4, -0.2) is 23.2 Å². The summed E-state index contributed by atoms with van der Waals surface area (Å²) in [7, 11) is 1.61. The van der Waals surface area contributed by atoms with Crippen LogP contribution in [0.2, 0.25) is 0 Å². The van der Waals surface area contributed by atoms with E-state index in [1.54, 1.807) is 18.4 Å². The smallest absolute Gasteiger partial charge is 0.307 e. The largest absolute Gasteiger partial charge is 0.497 e. The van der Waals surface area contributed by atoms with E-state index in [-0.39, 0.29) is 0 Å². The second-order valence-electron chi connectivity index (χ2n) is 5.04. The predicted octanol–water partition coefficient (Wildman–Crippen LogP) is 3.25. The molecule has 2 aromatic rings. The number of carbonyl (C=O) groups is 1. The van der Waals surface area contributed by atoms with E-state index in [1.807, 2.05) is 38.1 Å². The molecular weight excluding hydrogens is 286 g/mol. The summed E-state index contributed by atoms with van der Waals surface area (Å²) in [6, 6.07) is 7.54. The number of rotatable bonds is 6. The first-order valence-corrected chi connectivity index (χ1v) is 7.60. The average Bonchev–Trinajstić information content (AvgIpc) is 2.77. The fourth-order valence-electron chi connectivity index (χ4n) is 2.17. The van der Waals surface area contributed by atoms with Gasteiger partial charge in [-0.05, 0) is 38.0 Å². The Kier molecular flexibility index (Phi) is 4.96. The number of aliphatic carboxylic acids is 1. The Bertz CT molecular complexity index is 617. The Morgan fingerprint density at radius 1 is 1.38 bits per heavy atom. The molecule has 1 atom stereocenters. The molecule has 112 valence electrons. The molecule has 0 saturated heterocycles. The van der Waals surface area contributed by atoms with Crippen LogP contribution in [0.5, 0.6) is 5.75 Å². The van der Waals surface area contributed by atoms with Gasteiger partial charge in [-0.15, -0.1) is 11.3 Å². The second-order valence-corrected chi connectivity index (χ2v) is 6.33. The zero-order valence-electron chi connectivity index (χ0n) is 12.4. The third kappa shape index (κ3) is 4.04. The molecule has 5 heteroatoms. The summed E-state index contributed by atoms with van der Waals surface area (Å²) in [5.41, 5.74) is 1.95. The molecule has 2 rings (SSSR count). The number of benzene rings is 1. The van der Waals surface area contributed by atoms with Crippen molar-refractivity contribution in [3.8, 4) is 5.75 Å². The topological polar surface area (TPSA) is 59.4 Å². The van der Waals surface area contributed by atoms with Gasteiger partial charge in [0.1, 0.15) is 5.75 Å². The van der Waals surface area contributed by atoms with E-state index in [9.17, 15) is 9.90 Å². The Balaban J connectivity index is 2.13. The van der Waals surface area contributed by atoms with Crippen molar-refractivity contribution in [2.45, 2.75) is 26.7 Å². The first kappa shape index (κ1) is 15.5. The van der Waals surface area contributed by atoms with Crippen LogP contribution in [0.25, 0.3) is 0 Å². The quantitative estimate of drug-likeness (QED) is 0.890. The number of hydrogen-bond donors (Lipinski definition) is 1. The summed E-state index contributed by atoms with van der Waals surface area (Å²) in [5.74, 6) is -0.511. The minimum Gasteiger partial charge on any atom is -0.497 e. The van der Waals surface area contributed by atoms with Gasteiger partial charge in [-0.25, -0.2) is 4.98 Å². The van der Waals surface area contributed by atoms with Crippen LogP contribution in [0.4, 0.5) is 0 Å². The summed E-state index contributed by atoms with van der Waals surface area (Å²) in [6.07, 6.45) is 0.941. The number of carboxylic acids is 1. The molecule has 0 saturated carbocycles. The van der Waals surface area contributed by atoms with Crippen LogP contribution in [-0.2, 0) is 17.6 Å². The van der Waals surface area contributed by atoms with Crippen LogP contribution in [0.3, 0.4) is 0 Å². The zero-order chi connectivity index (χ0) is 15.4. The molecule has 1 aromatic heterocycles. The van der Waals surface area contributed by atoms with Crippen molar-refractivity contribution in [2.24, 2.45) is 5.92 Å². The summed E-state index contributed by atoms with van der Waals surface area (Å²) < 4.78 is 5.18. The number of nitrogens with zero attached hydrogens (tertiary/aromatic N) is 1.